The molecule has 3 aromatic heterocycles. The third-order valence-corrected chi connectivity index (χ3v) is 10.7. The maximum Gasteiger partial charge on any atom is 0.319 e. The van der Waals surface area contributed by atoms with E-state index in [1.807, 2.05) is 0 Å². The monoisotopic (exact) mass is 626 g/mol. The van der Waals surface area contributed by atoms with Gasteiger partial charge in [0.25, 0.3) is 6.43 Å². The summed E-state index contributed by atoms with van der Waals surface area (Å²) in [5.74, 6) is -1.46. The lowest BCUT2D eigenvalue weighted by atomic mass is 9.95. The summed E-state index contributed by atoms with van der Waals surface area (Å²) >= 11 is 0.855. The third kappa shape index (κ3) is 4.44. The average Bonchev–Trinajstić information content (AvgIpc) is 3.78. The highest BCUT2D eigenvalue weighted by atomic mass is 32.1. The molecule has 2 unspecified atom stereocenters. The van der Waals surface area contributed by atoms with Gasteiger partial charge in [-0.1, -0.05) is 11.3 Å². The number of hydrogen-bond acceptors (Lipinski definition) is 10. The first-order valence-corrected chi connectivity index (χ1v) is 15.8. The van der Waals surface area contributed by atoms with E-state index in [1.165, 1.54) is 6.20 Å². The van der Waals surface area contributed by atoms with Crippen LogP contribution in [-0.2, 0) is 0 Å². The molecule has 0 aliphatic carbocycles. The fourth-order valence-corrected chi connectivity index (χ4v) is 8.49. The number of ether oxygens (including phenoxy) is 1. The number of rotatable bonds is 7. The molecule has 2 atom stereocenters. The number of alkyl halides is 2. The molecule has 4 aromatic rings. The fourth-order valence-electron chi connectivity index (χ4n) is 7.71. The van der Waals surface area contributed by atoms with E-state index < -0.39 is 23.6 Å². The maximum atomic E-state index is 15.5. The van der Waals surface area contributed by atoms with Crippen LogP contribution in [0.4, 0.5) is 28.5 Å². The second-order valence-electron chi connectivity index (χ2n) is 12.2. The highest BCUT2D eigenvalue weighted by Crippen LogP contribution is 2.44. The van der Waals surface area contributed by atoms with Crippen molar-refractivity contribution in [3.63, 3.8) is 0 Å². The molecule has 7 heterocycles. The van der Waals surface area contributed by atoms with Crippen molar-refractivity contribution in [3.05, 3.63) is 29.5 Å². The fraction of sp³-hybridized carbons (Fsp3) is 0.500. The molecule has 0 amide bonds. The molecule has 14 heteroatoms. The van der Waals surface area contributed by atoms with Crippen molar-refractivity contribution >= 4 is 50.1 Å². The number of anilines is 1. The highest BCUT2D eigenvalue weighted by molar-refractivity contribution is 7.22. The first kappa shape index (κ1) is 28.0. The molecule has 0 radical (unpaired) electrons. The number of nitrogens with one attached hydrogen (secondary N) is 1. The van der Waals surface area contributed by atoms with Gasteiger partial charge in [-0.3, -0.25) is 9.88 Å². The van der Waals surface area contributed by atoms with Gasteiger partial charge >= 0.3 is 6.01 Å². The summed E-state index contributed by atoms with van der Waals surface area (Å²) in [5, 5.41) is 4.00. The smallest absolute Gasteiger partial charge is 0.319 e. The van der Waals surface area contributed by atoms with E-state index in [4.69, 9.17) is 9.72 Å². The maximum absolute atomic E-state index is 15.5. The molecular formula is C30H30F4N8OS. The van der Waals surface area contributed by atoms with E-state index in [9.17, 15) is 4.39 Å². The van der Waals surface area contributed by atoms with Gasteiger partial charge in [-0.05, 0) is 58.3 Å². The Labute approximate surface area is 254 Å². The number of thiazole rings is 1. The van der Waals surface area contributed by atoms with Gasteiger partial charge in [0.2, 0.25) is 5.13 Å². The molecule has 4 fully saturated rings. The number of benzene rings is 1. The summed E-state index contributed by atoms with van der Waals surface area (Å²) in [4.78, 5) is 26.2. The molecule has 9 nitrogen and oxygen atoms in total. The van der Waals surface area contributed by atoms with Crippen LogP contribution in [0.1, 0.15) is 50.5 Å². The van der Waals surface area contributed by atoms with Crippen molar-refractivity contribution < 1.29 is 22.3 Å². The number of aliphatic imine (C=N–C) groups is 1. The van der Waals surface area contributed by atoms with Crippen molar-refractivity contribution in [1.29, 1.82) is 0 Å². The van der Waals surface area contributed by atoms with Crippen molar-refractivity contribution in [2.24, 2.45) is 4.99 Å². The zero-order chi connectivity index (χ0) is 30.2. The summed E-state index contributed by atoms with van der Waals surface area (Å²) in [7, 11) is 0. The molecule has 2 bridgehead atoms. The van der Waals surface area contributed by atoms with Gasteiger partial charge < -0.3 is 15.0 Å². The van der Waals surface area contributed by atoms with Crippen LogP contribution >= 0.6 is 11.3 Å². The lowest BCUT2D eigenvalue weighted by Gasteiger charge is -2.35. The zero-order valence-electron chi connectivity index (χ0n) is 23.8. The number of piperazine rings is 1. The Hall–Kier alpha value is -3.49. The number of halogens is 4. The Morgan fingerprint density at radius 3 is 2.52 bits per heavy atom. The molecule has 230 valence electrons. The molecule has 44 heavy (non-hydrogen) atoms. The van der Waals surface area contributed by atoms with Crippen LogP contribution < -0.4 is 15.0 Å². The first-order valence-electron chi connectivity index (χ1n) is 15.0. The van der Waals surface area contributed by atoms with Crippen LogP contribution in [-0.4, -0.2) is 82.0 Å². The second kappa shape index (κ2) is 10.6. The Kier molecular flexibility index (Phi) is 6.72. The standard InChI is InChI=1S/C30H30F4N8OS/c1-35-29-39-24-20(18(31)10-19(32)25(24)44-29)23-21(26(33)34)22-17(11-36-23)27(41-12-15-4-5-16(13-41)37-15)40-28(38-22)43-14-30-6-2-8-42(30)9-3-7-30/h10-11,15-16,26,37H,1-9,12-14H2. The topological polar surface area (TPSA) is 91.7 Å². The van der Waals surface area contributed by atoms with Crippen LogP contribution in [0.3, 0.4) is 0 Å². The first-order chi connectivity index (χ1) is 21.3. The molecule has 0 saturated carbocycles. The van der Waals surface area contributed by atoms with E-state index in [0.717, 1.165) is 63.0 Å². The van der Waals surface area contributed by atoms with Gasteiger partial charge in [0.05, 0.1) is 43.5 Å². The van der Waals surface area contributed by atoms with Crippen LogP contribution in [0, 0.1) is 11.6 Å². The van der Waals surface area contributed by atoms with Crippen LogP contribution in [0.2, 0.25) is 0 Å². The summed E-state index contributed by atoms with van der Waals surface area (Å²) in [5.41, 5.74) is -1.59. The number of aromatic nitrogens is 4. The van der Waals surface area contributed by atoms with E-state index in [-0.39, 0.29) is 55.8 Å². The molecular weight excluding hydrogens is 596 g/mol. The molecule has 0 spiro atoms. The molecule has 4 aliphatic heterocycles. The predicted molar refractivity (Wildman–Crippen MR) is 160 cm³/mol. The third-order valence-electron chi connectivity index (χ3n) is 9.69. The van der Waals surface area contributed by atoms with E-state index in [2.05, 4.69) is 41.8 Å². The van der Waals surface area contributed by atoms with Crippen molar-refractivity contribution in [1.82, 2.24) is 30.2 Å². The zero-order valence-corrected chi connectivity index (χ0v) is 24.6. The minimum Gasteiger partial charge on any atom is -0.461 e. The van der Waals surface area contributed by atoms with E-state index in [0.29, 0.717) is 37.0 Å². The largest absolute Gasteiger partial charge is 0.461 e. The summed E-state index contributed by atoms with van der Waals surface area (Å²) < 4.78 is 66.8. The van der Waals surface area contributed by atoms with E-state index >= 15 is 13.2 Å². The number of pyridine rings is 1. The summed E-state index contributed by atoms with van der Waals surface area (Å²) in [6, 6.07) is 1.18. The SMILES string of the molecule is C=Nc1nc2c(-c3ncc4c(N5CC6CCC(C5)N6)nc(OCC56CCCN5CCC6)nc4c3C(F)F)c(F)cc(F)c2s1. The number of fused-ring (bicyclic) bond motifs is 5. The predicted octanol–water partition coefficient (Wildman–Crippen LogP) is 5.80. The van der Waals surface area contributed by atoms with Gasteiger partial charge in [0.15, 0.2) is 0 Å². The molecule has 8 rings (SSSR count). The average molecular weight is 627 g/mol. The Balaban J connectivity index is 1.31. The molecule has 4 saturated heterocycles. The minimum atomic E-state index is -3.09. The van der Waals surface area contributed by atoms with Crippen molar-refractivity contribution in [2.45, 2.75) is 62.6 Å². The van der Waals surface area contributed by atoms with Crippen molar-refractivity contribution in [3.8, 4) is 17.3 Å². The van der Waals surface area contributed by atoms with Gasteiger partial charge in [-0.15, -0.1) is 0 Å². The minimum absolute atomic E-state index is 0.00193. The van der Waals surface area contributed by atoms with Crippen LogP contribution in [0.25, 0.3) is 32.4 Å². The lowest BCUT2D eigenvalue weighted by Crippen LogP contribution is -2.51. The molecule has 1 aromatic carbocycles. The van der Waals surface area contributed by atoms with Gasteiger partial charge in [0, 0.05) is 37.4 Å². The van der Waals surface area contributed by atoms with Crippen molar-refractivity contribution in [2.75, 3.05) is 37.7 Å². The summed E-state index contributed by atoms with van der Waals surface area (Å²) in [6.07, 6.45) is 4.51. The van der Waals surface area contributed by atoms with Crippen LogP contribution in [0.5, 0.6) is 6.01 Å². The number of nitrogens with zero attached hydrogens (tertiary/aromatic N) is 7. The normalized spacial score (nSPS) is 22.9. The van der Waals surface area contributed by atoms with Gasteiger partial charge in [-0.2, -0.15) is 9.97 Å². The second-order valence-corrected chi connectivity index (χ2v) is 13.2. The van der Waals surface area contributed by atoms with E-state index in [1.54, 1.807) is 0 Å². The lowest BCUT2D eigenvalue weighted by molar-refractivity contribution is 0.107. The Morgan fingerprint density at radius 1 is 1.07 bits per heavy atom. The van der Waals surface area contributed by atoms with Gasteiger partial charge in [-0.25, -0.2) is 27.5 Å². The summed E-state index contributed by atoms with van der Waals surface area (Å²) in [6.45, 7) is 7.09. The Morgan fingerprint density at radius 2 is 1.82 bits per heavy atom. The molecule has 4 aliphatic rings. The highest BCUT2D eigenvalue weighted by Gasteiger charge is 2.45. The number of hydrogen-bond donors (Lipinski definition) is 1. The van der Waals surface area contributed by atoms with Gasteiger partial charge in [0.1, 0.15) is 24.1 Å². The Bertz CT molecular complexity index is 1780. The molecule has 1 N–H and O–H groups in total. The van der Waals surface area contributed by atoms with Crippen LogP contribution in [0.15, 0.2) is 17.3 Å². The quantitative estimate of drug-likeness (QED) is 0.204.